The van der Waals surface area contributed by atoms with Crippen LogP contribution in [0, 0.1) is 0 Å². The van der Waals surface area contributed by atoms with Gasteiger partial charge in [0.2, 0.25) is 0 Å². The van der Waals surface area contributed by atoms with E-state index in [0.29, 0.717) is 6.54 Å². The molecule has 1 aromatic carbocycles. The smallest absolute Gasteiger partial charge is 0.345 e. The molecule has 3 rings (SSSR count). The van der Waals surface area contributed by atoms with Gasteiger partial charge in [0.05, 0.1) is 6.61 Å². The molecular formula is C19H22F2N2OS2. The highest BCUT2D eigenvalue weighted by atomic mass is 32.2. The fourth-order valence-corrected chi connectivity index (χ4v) is 4.63. The minimum absolute atomic E-state index is 0.0454. The number of nitrogens with zero attached hydrogens (tertiary/aromatic N) is 1. The largest absolute Gasteiger partial charge is 0.361 e. The van der Waals surface area contributed by atoms with Crippen LogP contribution in [0.5, 0.6) is 0 Å². The molecule has 2 aromatic heterocycles. The standard InChI is InChI=1S/C19H22F2N2OS2/c1-23(8-9-24-19(20)21)7-5-15-11-22-16-3-2-4-17(18(15)16)26-13-14-6-10-25-12-14/h2-4,6,10-12,19,22H,5,7-9,13H2,1H3. The maximum Gasteiger partial charge on any atom is 0.345 e. The van der Waals surface area contributed by atoms with Gasteiger partial charge in [-0.3, -0.25) is 0 Å². The van der Waals surface area contributed by atoms with E-state index in [1.54, 1.807) is 11.3 Å². The Hall–Kier alpha value is -1.41. The van der Waals surface area contributed by atoms with Crippen molar-refractivity contribution in [2.75, 3.05) is 26.7 Å². The van der Waals surface area contributed by atoms with Gasteiger partial charge in [-0.15, -0.1) is 11.8 Å². The van der Waals surface area contributed by atoms with Crippen molar-refractivity contribution in [3.63, 3.8) is 0 Å². The number of halogens is 2. The lowest BCUT2D eigenvalue weighted by atomic mass is 10.1. The SMILES string of the molecule is CN(CCOC(F)F)CCc1c[nH]c2cccc(SCc3ccsc3)c12. The van der Waals surface area contributed by atoms with Gasteiger partial charge >= 0.3 is 6.61 Å². The number of aromatic amines is 1. The average Bonchev–Trinajstić information content (AvgIpc) is 3.28. The number of thiophene rings is 1. The summed E-state index contributed by atoms with van der Waals surface area (Å²) in [5, 5.41) is 5.55. The number of H-pyrrole nitrogens is 1. The van der Waals surface area contributed by atoms with Gasteiger partial charge in [0.15, 0.2) is 0 Å². The van der Waals surface area contributed by atoms with Crippen LogP contribution >= 0.6 is 23.1 Å². The molecule has 0 saturated carbocycles. The molecule has 3 nitrogen and oxygen atoms in total. The summed E-state index contributed by atoms with van der Waals surface area (Å²) in [4.78, 5) is 6.64. The Kier molecular flexibility index (Phi) is 7.07. The van der Waals surface area contributed by atoms with Crippen LogP contribution in [0.15, 0.2) is 46.1 Å². The van der Waals surface area contributed by atoms with Gasteiger partial charge in [0, 0.05) is 40.8 Å². The van der Waals surface area contributed by atoms with E-state index in [0.717, 1.165) is 24.2 Å². The Morgan fingerprint density at radius 2 is 2.15 bits per heavy atom. The zero-order valence-corrected chi connectivity index (χ0v) is 16.2. The number of rotatable bonds is 10. The second kappa shape index (κ2) is 9.50. The van der Waals surface area contributed by atoms with Crippen molar-refractivity contribution in [1.82, 2.24) is 9.88 Å². The van der Waals surface area contributed by atoms with E-state index in [1.165, 1.54) is 21.4 Å². The number of fused-ring (bicyclic) bond motifs is 1. The van der Waals surface area contributed by atoms with Crippen molar-refractivity contribution in [1.29, 1.82) is 0 Å². The molecule has 0 aliphatic heterocycles. The van der Waals surface area contributed by atoms with Crippen LogP contribution in [0.25, 0.3) is 10.9 Å². The van der Waals surface area contributed by atoms with E-state index in [2.05, 4.69) is 50.9 Å². The molecule has 0 fully saturated rings. The summed E-state index contributed by atoms with van der Waals surface area (Å²) in [5.41, 5.74) is 3.74. The maximum absolute atomic E-state index is 12.0. The van der Waals surface area contributed by atoms with E-state index < -0.39 is 6.61 Å². The lowest BCUT2D eigenvalue weighted by Crippen LogP contribution is -2.26. The molecule has 26 heavy (non-hydrogen) atoms. The van der Waals surface area contributed by atoms with Crippen LogP contribution in [0.1, 0.15) is 11.1 Å². The lowest BCUT2D eigenvalue weighted by molar-refractivity contribution is -0.131. The predicted molar refractivity (Wildman–Crippen MR) is 105 cm³/mol. The first-order valence-corrected chi connectivity index (χ1v) is 10.4. The number of alkyl halides is 2. The summed E-state index contributed by atoms with van der Waals surface area (Å²) in [5.74, 6) is 0.956. The Morgan fingerprint density at radius 1 is 1.27 bits per heavy atom. The minimum atomic E-state index is -2.69. The first kappa shape index (κ1) is 19.4. The minimum Gasteiger partial charge on any atom is -0.361 e. The fourth-order valence-electron chi connectivity index (χ4n) is 2.79. The van der Waals surface area contributed by atoms with Crippen LogP contribution in [0.2, 0.25) is 0 Å². The van der Waals surface area contributed by atoms with Gasteiger partial charge in [-0.25, -0.2) is 0 Å². The van der Waals surface area contributed by atoms with Crippen molar-refractivity contribution in [3.05, 3.63) is 52.3 Å². The topological polar surface area (TPSA) is 28.3 Å². The molecule has 1 N–H and O–H groups in total. The summed E-state index contributed by atoms with van der Waals surface area (Å²) in [6.07, 6.45) is 2.92. The van der Waals surface area contributed by atoms with Gasteiger partial charge in [-0.1, -0.05) is 6.07 Å². The van der Waals surface area contributed by atoms with Gasteiger partial charge in [-0.2, -0.15) is 20.1 Å². The Balaban J connectivity index is 1.63. The second-order valence-electron chi connectivity index (χ2n) is 6.10. The summed E-state index contributed by atoms with van der Waals surface area (Å²) >= 11 is 3.57. The van der Waals surface area contributed by atoms with Crippen molar-refractivity contribution in [2.45, 2.75) is 23.7 Å². The normalized spacial score (nSPS) is 11.9. The van der Waals surface area contributed by atoms with Gasteiger partial charge in [0.1, 0.15) is 0 Å². The zero-order valence-electron chi connectivity index (χ0n) is 14.6. The molecule has 0 amide bonds. The van der Waals surface area contributed by atoms with Crippen LogP contribution in [0.3, 0.4) is 0 Å². The van der Waals surface area contributed by atoms with Crippen molar-refractivity contribution < 1.29 is 13.5 Å². The Morgan fingerprint density at radius 3 is 2.92 bits per heavy atom. The van der Waals surface area contributed by atoms with Crippen LogP contribution in [-0.4, -0.2) is 43.2 Å². The molecule has 0 saturated heterocycles. The highest BCUT2D eigenvalue weighted by molar-refractivity contribution is 7.98. The van der Waals surface area contributed by atoms with E-state index >= 15 is 0 Å². The first-order chi connectivity index (χ1) is 12.6. The molecule has 140 valence electrons. The molecule has 0 unspecified atom stereocenters. The van der Waals surface area contributed by atoms with Gasteiger partial charge in [0.25, 0.3) is 0 Å². The molecule has 0 spiro atoms. The highest BCUT2D eigenvalue weighted by Crippen LogP contribution is 2.33. The van der Waals surface area contributed by atoms with Crippen LogP contribution in [0.4, 0.5) is 8.78 Å². The van der Waals surface area contributed by atoms with E-state index in [9.17, 15) is 8.78 Å². The molecule has 0 aliphatic carbocycles. The quantitative estimate of drug-likeness (QED) is 0.475. The zero-order chi connectivity index (χ0) is 18.4. The molecule has 0 aliphatic rings. The third-order valence-corrected chi connectivity index (χ3v) is 6.06. The fraction of sp³-hybridized carbons (Fsp3) is 0.368. The molecule has 3 aromatic rings. The summed E-state index contributed by atoms with van der Waals surface area (Å²) in [7, 11) is 1.93. The number of aromatic nitrogens is 1. The van der Waals surface area contributed by atoms with Gasteiger partial charge < -0.3 is 14.6 Å². The highest BCUT2D eigenvalue weighted by Gasteiger charge is 2.11. The molecule has 0 atom stereocenters. The third-order valence-electron chi connectivity index (χ3n) is 4.20. The molecule has 7 heteroatoms. The van der Waals surface area contributed by atoms with E-state index in [4.69, 9.17) is 0 Å². The Labute approximate surface area is 160 Å². The number of ether oxygens (including phenoxy) is 1. The number of thioether (sulfide) groups is 1. The number of nitrogens with one attached hydrogen (secondary N) is 1. The first-order valence-electron chi connectivity index (χ1n) is 8.44. The monoisotopic (exact) mass is 396 g/mol. The summed E-state index contributed by atoms with van der Waals surface area (Å²) in [6.45, 7) is -1.36. The second-order valence-corrected chi connectivity index (χ2v) is 7.89. The lowest BCUT2D eigenvalue weighted by Gasteiger charge is -2.16. The van der Waals surface area contributed by atoms with Crippen molar-refractivity contribution in [2.24, 2.45) is 0 Å². The average molecular weight is 397 g/mol. The van der Waals surface area contributed by atoms with E-state index in [-0.39, 0.29) is 6.61 Å². The molecule has 2 heterocycles. The van der Waals surface area contributed by atoms with Crippen LogP contribution in [-0.2, 0) is 16.9 Å². The third kappa shape index (κ3) is 5.30. The van der Waals surface area contributed by atoms with Crippen molar-refractivity contribution in [3.8, 4) is 0 Å². The molecule has 0 bridgehead atoms. The maximum atomic E-state index is 12.0. The molecule has 0 radical (unpaired) electrons. The van der Waals surface area contributed by atoms with Crippen molar-refractivity contribution >= 4 is 34.0 Å². The summed E-state index contributed by atoms with van der Waals surface area (Å²) in [6, 6.07) is 8.49. The predicted octanol–water partition coefficient (Wildman–Crippen LogP) is 5.24. The molecular weight excluding hydrogens is 374 g/mol. The summed E-state index contributed by atoms with van der Waals surface area (Å²) < 4.78 is 28.4. The Bertz CT molecular complexity index is 805. The number of likely N-dealkylation sites (N-methyl/N-ethyl adjacent to an activating group) is 1. The number of benzene rings is 1. The number of hydrogen-bond donors (Lipinski definition) is 1. The van der Waals surface area contributed by atoms with Crippen LogP contribution < -0.4 is 0 Å². The van der Waals surface area contributed by atoms with E-state index in [1.807, 2.05) is 23.7 Å². The number of hydrogen-bond acceptors (Lipinski definition) is 4. The van der Waals surface area contributed by atoms with Gasteiger partial charge in [-0.05, 0) is 53.6 Å².